The van der Waals surface area contributed by atoms with Crippen molar-refractivity contribution in [3.63, 3.8) is 0 Å². The maximum atomic E-state index is 5.54. The molecule has 0 spiro atoms. The first kappa shape index (κ1) is 14.5. The molecule has 1 fully saturated rings. The van der Waals surface area contributed by atoms with E-state index < -0.39 is 0 Å². The van der Waals surface area contributed by atoms with Crippen LogP contribution in [0, 0.1) is 26.7 Å². The van der Waals surface area contributed by atoms with Crippen molar-refractivity contribution in [1.29, 1.82) is 0 Å². The van der Waals surface area contributed by atoms with Gasteiger partial charge in [-0.2, -0.15) is 0 Å². The Morgan fingerprint density at radius 3 is 2.53 bits per heavy atom. The van der Waals surface area contributed by atoms with Crippen molar-refractivity contribution in [3.05, 3.63) is 34.4 Å². The van der Waals surface area contributed by atoms with Crippen LogP contribution in [0.15, 0.2) is 12.1 Å². The molecule has 1 aromatic rings. The van der Waals surface area contributed by atoms with E-state index in [0.29, 0.717) is 12.0 Å². The Morgan fingerprint density at radius 2 is 1.95 bits per heavy atom. The van der Waals surface area contributed by atoms with Crippen molar-refractivity contribution in [2.75, 3.05) is 19.8 Å². The fourth-order valence-corrected chi connectivity index (χ4v) is 3.29. The van der Waals surface area contributed by atoms with Crippen LogP contribution >= 0.6 is 0 Å². The zero-order valence-electron chi connectivity index (χ0n) is 12.8. The monoisotopic (exact) mass is 261 g/mol. The number of hydrogen-bond donors (Lipinski definition) is 1. The summed E-state index contributed by atoms with van der Waals surface area (Å²) in [6, 6.07) is 4.98. The Bertz CT molecular complexity index is 398. The molecule has 2 rings (SSSR count). The first-order valence-electron chi connectivity index (χ1n) is 7.47. The van der Waals surface area contributed by atoms with Crippen molar-refractivity contribution < 1.29 is 4.74 Å². The lowest BCUT2D eigenvalue weighted by atomic mass is 9.94. The van der Waals surface area contributed by atoms with E-state index in [9.17, 15) is 0 Å². The molecule has 0 saturated carbocycles. The minimum Gasteiger partial charge on any atom is -0.381 e. The van der Waals surface area contributed by atoms with E-state index in [2.05, 4.69) is 45.1 Å². The molecule has 2 unspecified atom stereocenters. The number of ether oxygens (including phenoxy) is 1. The van der Waals surface area contributed by atoms with Gasteiger partial charge in [0.05, 0.1) is 6.61 Å². The van der Waals surface area contributed by atoms with Gasteiger partial charge in [0, 0.05) is 19.2 Å². The normalized spacial score (nSPS) is 21.4. The van der Waals surface area contributed by atoms with Gasteiger partial charge in [-0.1, -0.05) is 17.7 Å². The molecule has 0 aromatic heterocycles. The highest BCUT2D eigenvalue weighted by atomic mass is 16.5. The minimum absolute atomic E-state index is 0.419. The molecule has 106 valence electrons. The second-order valence-corrected chi connectivity index (χ2v) is 6.03. The lowest BCUT2D eigenvalue weighted by Crippen LogP contribution is -2.31. The average molecular weight is 261 g/mol. The van der Waals surface area contributed by atoms with Crippen LogP contribution in [-0.4, -0.2) is 19.8 Å². The SMILES string of the molecule is Cc1cc(C)c(C(C)NCC2CCCOC2)c(C)c1. The van der Waals surface area contributed by atoms with Crippen LogP contribution in [-0.2, 0) is 4.74 Å². The van der Waals surface area contributed by atoms with Crippen molar-refractivity contribution in [3.8, 4) is 0 Å². The Labute approximate surface area is 117 Å². The predicted molar refractivity (Wildman–Crippen MR) is 80.6 cm³/mol. The molecular weight excluding hydrogens is 234 g/mol. The van der Waals surface area contributed by atoms with Crippen molar-refractivity contribution in [2.45, 2.75) is 46.6 Å². The zero-order valence-corrected chi connectivity index (χ0v) is 12.8. The molecular formula is C17H27NO. The number of aryl methyl sites for hydroxylation is 3. The summed E-state index contributed by atoms with van der Waals surface area (Å²) in [4.78, 5) is 0. The molecule has 2 heteroatoms. The maximum absolute atomic E-state index is 5.54. The lowest BCUT2D eigenvalue weighted by Gasteiger charge is -2.26. The molecule has 19 heavy (non-hydrogen) atoms. The van der Waals surface area contributed by atoms with Crippen LogP contribution in [0.25, 0.3) is 0 Å². The standard InChI is InChI=1S/C17H27NO/c1-12-8-13(2)17(14(3)9-12)15(4)18-10-16-6-5-7-19-11-16/h8-9,15-16,18H,5-7,10-11H2,1-4H3. The third kappa shape index (κ3) is 3.80. The first-order valence-corrected chi connectivity index (χ1v) is 7.47. The van der Waals surface area contributed by atoms with Crippen molar-refractivity contribution in [1.82, 2.24) is 5.32 Å². The van der Waals surface area contributed by atoms with Crippen LogP contribution in [0.1, 0.15) is 48.1 Å². The van der Waals surface area contributed by atoms with E-state index in [-0.39, 0.29) is 0 Å². The summed E-state index contributed by atoms with van der Waals surface area (Å²) in [5, 5.41) is 3.69. The van der Waals surface area contributed by atoms with Gasteiger partial charge < -0.3 is 10.1 Å². The highest BCUT2D eigenvalue weighted by molar-refractivity contribution is 5.39. The fourth-order valence-electron chi connectivity index (χ4n) is 3.29. The summed E-state index contributed by atoms with van der Waals surface area (Å²) in [6.07, 6.45) is 2.51. The summed E-state index contributed by atoms with van der Waals surface area (Å²) in [7, 11) is 0. The smallest absolute Gasteiger partial charge is 0.0506 e. The fraction of sp³-hybridized carbons (Fsp3) is 0.647. The summed E-state index contributed by atoms with van der Waals surface area (Å²) < 4.78 is 5.54. The Balaban J connectivity index is 1.97. The van der Waals surface area contributed by atoms with Crippen molar-refractivity contribution in [2.24, 2.45) is 5.92 Å². The van der Waals surface area contributed by atoms with Gasteiger partial charge in [0.2, 0.25) is 0 Å². The molecule has 1 aliphatic rings. The highest BCUT2D eigenvalue weighted by Crippen LogP contribution is 2.24. The molecule has 1 aromatic carbocycles. The summed E-state index contributed by atoms with van der Waals surface area (Å²) in [5.74, 6) is 0.683. The van der Waals surface area contributed by atoms with E-state index in [1.165, 1.54) is 35.1 Å². The van der Waals surface area contributed by atoms with Crippen LogP contribution in [0.2, 0.25) is 0 Å². The molecule has 2 nitrogen and oxygen atoms in total. The van der Waals surface area contributed by atoms with E-state index in [0.717, 1.165) is 19.8 Å². The zero-order chi connectivity index (χ0) is 13.8. The van der Waals surface area contributed by atoms with Gasteiger partial charge in [-0.25, -0.2) is 0 Å². The Kier molecular flexibility index (Phi) is 5.00. The Morgan fingerprint density at radius 1 is 1.26 bits per heavy atom. The second-order valence-electron chi connectivity index (χ2n) is 6.03. The third-order valence-corrected chi connectivity index (χ3v) is 4.14. The molecule has 0 amide bonds. The van der Waals surface area contributed by atoms with Crippen LogP contribution in [0.5, 0.6) is 0 Å². The van der Waals surface area contributed by atoms with Crippen molar-refractivity contribution >= 4 is 0 Å². The third-order valence-electron chi connectivity index (χ3n) is 4.14. The first-order chi connectivity index (χ1) is 9.08. The topological polar surface area (TPSA) is 21.3 Å². The quantitative estimate of drug-likeness (QED) is 0.892. The number of hydrogen-bond acceptors (Lipinski definition) is 2. The molecule has 2 atom stereocenters. The maximum Gasteiger partial charge on any atom is 0.0506 e. The van der Waals surface area contributed by atoms with Gasteiger partial charge in [-0.15, -0.1) is 0 Å². The van der Waals surface area contributed by atoms with Crippen LogP contribution in [0.4, 0.5) is 0 Å². The molecule has 1 heterocycles. The molecule has 0 radical (unpaired) electrons. The average Bonchev–Trinajstić information content (AvgIpc) is 2.36. The number of benzene rings is 1. The molecule has 1 N–H and O–H groups in total. The van der Waals surface area contributed by atoms with E-state index in [1.54, 1.807) is 0 Å². The highest BCUT2D eigenvalue weighted by Gasteiger charge is 2.16. The molecule has 1 aliphatic heterocycles. The van der Waals surface area contributed by atoms with Gasteiger partial charge in [0.1, 0.15) is 0 Å². The molecule has 0 bridgehead atoms. The van der Waals surface area contributed by atoms with E-state index in [4.69, 9.17) is 4.74 Å². The number of nitrogens with one attached hydrogen (secondary N) is 1. The minimum atomic E-state index is 0.419. The summed E-state index contributed by atoms with van der Waals surface area (Å²) >= 11 is 0. The van der Waals surface area contributed by atoms with Crippen LogP contribution in [0.3, 0.4) is 0 Å². The van der Waals surface area contributed by atoms with Crippen LogP contribution < -0.4 is 5.32 Å². The number of rotatable bonds is 4. The van der Waals surface area contributed by atoms with Gasteiger partial charge in [0.25, 0.3) is 0 Å². The van der Waals surface area contributed by atoms with Gasteiger partial charge in [0.15, 0.2) is 0 Å². The lowest BCUT2D eigenvalue weighted by molar-refractivity contribution is 0.0540. The summed E-state index contributed by atoms with van der Waals surface area (Å²) in [5.41, 5.74) is 5.61. The van der Waals surface area contributed by atoms with E-state index >= 15 is 0 Å². The largest absolute Gasteiger partial charge is 0.381 e. The van der Waals surface area contributed by atoms with Gasteiger partial charge in [-0.05, 0) is 63.1 Å². The second kappa shape index (κ2) is 6.53. The Hall–Kier alpha value is -0.860. The van der Waals surface area contributed by atoms with E-state index in [1.807, 2.05) is 0 Å². The predicted octanol–water partition coefficient (Wildman–Crippen LogP) is 3.69. The molecule has 0 aliphatic carbocycles. The molecule has 1 saturated heterocycles. The van der Waals surface area contributed by atoms with Gasteiger partial charge in [-0.3, -0.25) is 0 Å². The van der Waals surface area contributed by atoms with Gasteiger partial charge >= 0.3 is 0 Å². The summed E-state index contributed by atoms with van der Waals surface area (Å²) in [6.45, 7) is 11.8.